The topological polar surface area (TPSA) is 106 Å². The highest BCUT2D eigenvalue weighted by Crippen LogP contribution is 1.89. The van der Waals surface area contributed by atoms with Gasteiger partial charge in [-0.05, 0) is 0 Å². The van der Waals surface area contributed by atoms with Crippen LogP contribution in [0.15, 0.2) is 6.33 Å². The fraction of sp³-hybridized carbons (Fsp3) is 0.571. The molecular weight excluding hydrogens is 186 g/mol. The lowest BCUT2D eigenvalue weighted by Crippen LogP contribution is -2.40. The number of carbonyl (C=O) groups is 1. The highest BCUT2D eigenvalue weighted by Gasteiger charge is 2.10. The molecular formula is C7H13N5O2. The van der Waals surface area contributed by atoms with E-state index in [9.17, 15) is 4.79 Å². The van der Waals surface area contributed by atoms with E-state index in [-0.39, 0.29) is 6.54 Å². The first-order valence-corrected chi connectivity index (χ1v) is 4.13. The molecule has 7 heteroatoms. The molecule has 0 aliphatic carbocycles. The smallest absolute Gasteiger partial charge is 0.321 e. The van der Waals surface area contributed by atoms with Crippen molar-refractivity contribution in [2.24, 2.45) is 12.8 Å². The average molecular weight is 199 g/mol. The van der Waals surface area contributed by atoms with Crippen LogP contribution < -0.4 is 11.1 Å². The summed E-state index contributed by atoms with van der Waals surface area (Å²) >= 11 is 0. The van der Waals surface area contributed by atoms with E-state index in [4.69, 9.17) is 10.8 Å². The maximum absolute atomic E-state index is 10.4. The van der Waals surface area contributed by atoms with Crippen molar-refractivity contribution < 1.29 is 9.90 Å². The molecule has 0 spiro atoms. The number of nitrogens with two attached hydrogens (primary N) is 1. The van der Waals surface area contributed by atoms with Crippen LogP contribution in [0.1, 0.15) is 5.82 Å². The van der Waals surface area contributed by atoms with Gasteiger partial charge in [0, 0.05) is 13.6 Å². The second-order valence-corrected chi connectivity index (χ2v) is 2.93. The van der Waals surface area contributed by atoms with E-state index in [1.54, 1.807) is 10.9 Å². The quantitative estimate of drug-likeness (QED) is 0.523. The average Bonchev–Trinajstić information content (AvgIpc) is 2.51. The van der Waals surface area contributed by atoms with E-state index < -0.39 is 12.0 Å². The Morgan fingerprint density at radius 2 is 2.57 bits per heavy atom. The lowest BCUT2D eigenvalue weighted by Gasteiger charge is -2.07. The van der Waals surface area contributed by atoms with Crippen LogP contribution in [0.3, 0.4) is 0 Å². The molecule has 4 N–H and O–H groups in total. The molecule has 0 aromatic carbocycles. The molecule has 14 heavy (non-hydrogen) atoms. The second kappa shape index (κ2) is 4.68. The summed E-state index contributed by atoms with van der Waals surface area (Å²) in [6.07, 6.45) is 1.58. The van der Waals surface area contributed by atoms with E-state index in [1.165, 1.54) is 0 Å². The van der Waals surface area contributed by atoms with Crippen LogP contribution in [-0.4, -0.2) is 38.4 Å². The van der Waals surface area contributed by atoms with Gasteiger partial charge in [0.15, 0.2) is 0 Å². The molecule has 0 unspecified atom stereocenters. The highest BCUT2D eigenvalue weighted by molar-refractivity contribution is 5.73. The Kier molecular flexibility index (Phi) is 3.55. The van der Waals surface area contributed by atoms with Gasteiger partial charge in [-0.2, -0.15) is 0 Å². The summed E-state index contributed by atoms with van der Waals surface area (Å²) in [6.45, 7) is 0.666. The van der Waals surface area contributed by atoms with E-state index in [0.29, 0.717) is 6.54 Å². The maximum atomic E-state index is 10.4. The fourth-order valence-corrected chi connectivity index (χ4v) is 0.894. The molecule has 1 heterocycles. The first kappa shape index (κ1) is 10.6. The lowest BCUT2D eigenvalue weighted by molar-refractivity contribution is -0.138. The predicted molar refractivity (Wildman–Crippen MR) is 48.3 cm³/mol. The lowest BCUT2D eigenvalue weighted by atomic mass is 10.3. The van der Waals surface area contributed by atoms with Crippen LogP contribution in [0.25, 0.3) is 0 Å². The first-order chi connectivity index (χ1) is 6.61. The van der Waals surface area contributed by atoms with Crippen molar-refractivity contribution in [3.8, 4) is 0 Å². The Morgan fingerprint density at radius 1 is 1.86 bits per heavy atom. The van der Waals surface area contributed by atoms with Gasteiger partial charge in [0.05, 0.1) is 6.54 Å². The zero-order chi connectivity index (χ0) is 10.6. The molecule has 1 aromatic rings. The van der Waals surface area contributed by atoms with Gasteiger partial charge < -0.3 is 20.7 Å². The summed E-state index contributed by atoms with van der Waals surface area (Å²) in [6, 6.07) is -0.886. The van der Waals surface area contributed by atoms with Crippen molar-refractivity contribution in [1.82, 2.24) is 20.1 Å². The number of nitrogens with zero attached hydrogens (tertiary/aromatic N) is 3. The molecule has 1 aromatic heterocycles. The van der Waals surface area contributed by atoms with Gasteiger partial charge in [-0.25, -0.2) is 0 Å². The number of carboxylic acids is 1. The van der Waals surface area contributed by atoms with Crippen molar-refractivity contribution in [2.75, 3.05) is 6.54 Å². The standard InChI is InChI=1S/C7H13N5O2/c1-12-4-10-11-6(12)3-9-2-5(8)7(13)14/h4-5,9H,2-3,8H2,1H3,(H,13,14)/t5-/m0/s1. The maximum Gasteiger partial charge on any atom is 0.321 e. The minimum absolute atomic E-state index is 0.211. The number of aliphatic carboxylic acids is 1. The number of hydrogen-bond acceptors (Lipinski definition) is 5. The van der Waals surface area contributed by atoms with Gasteiger partial charge in [-0.1, -0.05) is 0 Å². The number of aromatic nitrogens is 3. The van der Waals surface area contributed by atoms with Gasteiger partial charge >= 0.3 is 5.97 Å². The summed E-state index contributed by atoms with van der Waals surface area (Å²) in [5.41, 5.74) is 5.29. The van der Waals surface area contributed by atoms with Gasteiger partial charge in [0.25, 0.3) is 0 Å². The summed E-state index contributed by atoms with van der Waals surface area (Å²) in [7, 11) is 1.81. The van der Waals surface area contributed by atoms with Gasteiger partial charge in [-0.15, -0.1) is 10.2 Å². The summed E-state index contributed by atoms with van der Waals surface area (Å²) in [4.78, 5) is 10.4. The Hall–Kier alpha value is -1.47. The zero-order valence-corrected chi connectivity index (χ0v) is 7.84. The highest BCUT2D eigenvalue weighted by atomic mass is 16.4. The third-order valence-electron chi connectivity index (χ3n) is 1.77. The Morgan fingerprint density at radius 3 is 3.07 bits per heavy atom. The molecule has 7 nitrogen and oxygen atoms in total. The number of nitrogens with one attached hydrogen (secondary N) is 1. The third-order valence-corrected chi connectivity index (χ3v) is 1.77. The van der Waals surface area contributed by atoms with Crippen LogP contribution in [0.5, 0.6) is 0 Å². The van der Waals surface area contributed by atoms with Crippen LogP contribution in [0, 0.1) is 0 Å². The zero-order valence-electron chi connectivity index (χ0n) is 7.84. The molecule has 0 aliphatic rings. The molecule has 0 saturated heterocycles. The minimum Gasteiger partial charge on any atom is -0.480 e. The molecule has 0 aliphatic heterocycles. The van der Waals surface area contributed by atoms with Crippen molar-refractivity contribution in [3.05, 3.63) is 12.2 Å². The molecule has 1 rings (SSSR count). The molecule has 0 radical (unpaired) electrons. The van der Waals surface area contributed by atoms with E-state index in [2.05, 4.69) is 15.5 Å². The van der Waals surface area contributed by atoms with Gasteiger partial charge in [0.1, 0.15) is 18.2 Å². The van der Waals surface area contributed by atoms with Crippen LogP contribution in [-0.2, 0) is 18.4 Å². The second-order valence-electron chi connectivity index (χ2n) is 2.93. The molecule has 0 fully saturated rings. The number of carboxylic acid groups (broad SMARTS) is 1. The van der Waals surface area contributed by atoms with Gasteiger partial charge in [0.2, 0.25) is 0 Å². The summed E-state index contributed by atoms with van der Waals surface area (Å²) in [5.74, 6) is -0.280. The number of hydrogen-bond donors (Lipinski definition) is 3. The van der Waals surface area contributed by atoms with Crippen LogP contribution in [0.2, 0.25) is 0 Å². The predicted octanol–water partition coefficient (Wildman–Crippen LogP) is -1.68. The van der Waals surface area contributed by atoms with Crippen LogP contribution in [0.4, 0.5) is 0 Å². The molecule has 0 saturated carbocycles. The monoisotopic (exact) mass is 199 g/mol. The third kappa shape index (κ3) is 2.79. The largest absolute Gasteiger partial charge is 0.480 e. The first-order valence-electron chi connectivity index (χ1n) is 4.13. The normalized spacial score (nSPS) is 12.7. The number of aryl methyl sites for hydroxylation is 1. The summed E-state index contributed by atoms with van der Waals surface area (Å²) < 4.78 is 1.75. The van der Waals surface area contributed by atoms with E-state index in [0.717, 1.165) is 5.82 Å². The van der Waals surface area contributed by atoms with E-state index in [1.807, 2.05) is 7.05 Å². The Labute approximate surface area is 80.9 Å². The van der Waals surface area contributed by atoms with Crippen molar-refractivity contribution in [2.45, 2.75) is 12.6 Å². The van der Waals surface area contributed by atoms with Gasteiger partial charge in [-0.3, -0.25) is 4.79 Å². The van der Waals surface area contributed by atoms with Crippen molar-refractivity contribution in [3.63, 3.8) is 0 Å². The molecule has 1 atom stereocenters. The van der Waals surface area contributed by atoms with Crippen LogP contribution >= 0.6 is 0 Å². The SMILES string of the molecule is Cn1cnnc1CNC[C@H](N)C(=O)O. The summed E-state index contributed by atoms with van der Waals surface area (Å²) in [5, 5.41) is 18.9. The molecule has 78 valence electrons. The Balaban J connectivity index is 2.29. The molecule has 0 amide bonds. The Bertz CT molecular complexity index is 311. The number of rotatable bonds is 5. The van der Waals surface area contributed by atoms with Crippen molar-refractivity contribution in [1.29, 1.82) is 0 Å². The van der Waals surface area contributed by atoms with Crippen molar-refractivity contribution >= 4 is 5.97 Å². The van der Waals surface area contributed by atoms with E-state index >= 15 is 0 Å². The molecule has 0 bridgehead atoms. The minimum atomic E-state index is -1.02. The fourth-order valence-electron chi connectivity index (χ4n) is 0.894.